The van der Waals surface area contributed by atoms with E-state index in [0.29, 0.717) is 16.8 Å². The molecule has 0 radical (unpaired) electrons. The molecule has 1 N–H and O–H groups in total. The van der Waals surface area contributed by atoms with Crippen molar-refractivity contribution in [3.63, 3.8) is 0 Å². The van der Waals surface area contributed by atoms with Crippen molar-refractivity contribution in [2.24, 2.45) is 0 Å². The average molecular weight is 431 g/mol. The van der Waals surface area contributed by atoms with Crippen LogP contribution in [0.25, 0.3) is 16.9 Å². The molecule has 30 heavy (non-hydrogen) atoms. The lowest BCUT2D eigenvalue weighted by atomic mass is 9.99. The van der Waals surface area contributed by atoms with E-state index < -0.39 is 17.6 Å². The molecule has 0 aliphatic heterocycles. The number of alkyl halides is 3. The standard InChI is InChI=1S/C20H16F3N5OS/c1-10-11(2)18-24-8-15(26-19(29)17-12(3)30-9-25-17)28(18)27-16(10)13-6-4-5-7-14(13)20(21,22)23/h4-9H,1-3H3,(H,26,29). The van der Waals surface area contributed by atoms with Crippen LogP contribution in [0.3, 0.4) is 0 Å². The number of imidazole rings is 1. The lowest BCUT2D eigenvalue weighted by molar-refractivity contribution is -0.137. The molecule has 0 aliphatic rings. The normalized spacial score (nSPS) is 11.8. The molecule has 3 heterocycles. The Kier molecular flexibility index (Phi) is 4.81. The van der Waals surface area contributed by atoms with Gasteiger partial charge in [-0.15, -0.1) is 11.3 Å². The Hall–Kier alpha value is -3.27. The number of hydrogen-bond acceptors (Lipinski definition) is 5. The lowest BCUT2D eigenvalue weighted by Gasteiger charge is -2.16. The minimum atomic E-state index is -4.53. The Balaban J connectivity index is 1.86. The number of nitrogens with zero attached hydrogens (tertiary/aromatic N) is 4. The summed E-state index contributed by atoms with van der Waals surface area (Å²) in [4.78, 5) is 21.6. The molecule has 0 fully saturated rings. The van der Waals surface area contributed by atoms with Crippen molar-refractivity contribution in [3.8, 4) is 11.3 Å². The summed E-state index contributed by atoms with van der Waals surface area (Å²) < 4.78 is 42.0. The van der Waals surface area contributed by atoms with Gasteiger partial charge in [0.1, 0.15) is 5.69 Å². The highest BCUT2D eigenvalue weighted by Gasteiger charge is 2.34. The van der Waals surface area contributed by atoms with Crippen LogP contribution in [0.5, 0.6) is 0 Å². The first-order valence-corrected chi connectivity index (χ1v) is 9.79. The van der Waals surface area contributed by atoms with Gasteiger partial charge in [0.05, 0.1) is 23.0 Å². The Morgan fingerprint density at radius 3 is 2.50 bits per heavy atom. The number of hydrogen-bond donors (Lipinski definition) is 1. The number of thiazole rings is 1. The van der Waals surface area contributed by atoms with Gasteiger partial charge in [0.15, 0.2) is 11.5 Å². The first-order chi connectivity index (χ1) is 14.2. The van der Waals surface area contributed by atoms with Gasteiger partial charge in [0, 0.05) is 10.4 Å². The van der Waals surface area contributed by atoms with Gasteiger partial charge < -0.3 is 5.32 Å². The lowest BCUT2D eigenvalue weighted by Crippen LogP contribution is -2.16. The van der Waals surface area contributed by atoms with E-state index in [1.54, 1.807) is 26.3 Å². The molecule has 0 saturated carbocycles. The minimum Gasteiger partial charge on any atom is -0.304 e. The fraction of sp³-hybridized carbons (Fsp3) is 0.200. The Bertz CT molecular complexity index is 1280. The number of nitrogens with one attached hydrogen (secondary N) is 1. The number of amides is 1. The Morgan fingerprint density at radius 2 is 1.83 bits per heavy atom. The van der Waals surface area contributed by atoms with E-state index in [2.05, 4.69) is 20.4 Å². The highest BCUT2D eigenvalue weighted by Crippen LogP contribution is 2.38. The molecule has 6 nitrogen and oxygen atoms in total. The van der Waals surface area contributed by atoms with Gasteiger partial charge in [-0.05, 0) is 38.0 Å². The summed E-state index contributed by atoms with van der Waals surface area (Å²) in [5.41, 5.74) is 2.91. The van der Waals surface area contributed by atoms with E-state index in [0.717, 1.165) is 10.9 Å². The number of carbonyl (C=O) groups is 1. The van der Waals surface area contributed by atoms with Gasteiger partial charge in [-0.25, -0.2) is 9.97 Å². The monoisotopic (exact) mass is 431 g/mol. The van der Waals surface area contributed by atoms with Crippen LogP contribution in [0.4, 0.5) is 19.0 Å². The van der Waals surface area contributed by atoms with Crippen LogP contribution >= 0.6 is 11.3 Å². The summed E-state index contributed by atoms with van der Waals surface area (Å²) in [5, 5.41) is 7.12. The fourth-order valence-corrected chi connectivity index (χ4v) is 3.77. The number of aromatic nitrogens is 4. The smallest absolute Gasteiger partial charge is 0.304 e. The molecule has 0 bridgehead atoms. The summed E-state index contributed by atoms with van der Waals surface area (Å²) in [6.45, 7) is 5.24. The van der Waals surface area contributed by atoms with Crippen LogP contribution in [-0.2, 0) is 6.18 Å². The topological polar surface area (TPSA) is 72.2 Å². The summed E-state index contributed by atoms with van der Waals surface area (Å²) in [6.07, 6.45) is -3.10. The van der Waals surface area contributed by atoms with Crippen LogP contribution in [0.1, 0.15) is 32.1 Å². The molecule has 1 aromatic carbocycles. The van der Waals surface area contributed by atoms with E-state index in [4.69, 9.17) is 0 Å². The maximum absolute atomic E-state index is 13.6. The highest BCUT2D eigenvalue weighted by molar-refractivity contribution is 7.09. The maximum Gasteiger partial charge on any atom is 0.417 e. The van der Waals surface area contributed by atoms with E-state index in [-0.39, 0.29) is 22.8 Å². The Morgan fingerprint density at radius 1 is 1.10 bits per heavy atom. The van der Waals surface area contributed by atoms with E-state index in [1.807, 2.05) is 0 Å². The molecule has 4 rings (SSSR count). The Labute approximate surface area is 173 Å². The highest BCUT2D eigenvalue weighted by atomic mass is 32.1. The van der Waals surface area contributed by atoms with Crippen LogP contribution in [0, 0.1) is 20.8 Å². The second kappa shape index (κ2) is 7.21. The molecule has 0 saturated heterocycles. The number of carbonyl (C=O) groups excluding carboxylic acids is 1. The molecule has 0 unspecified atom stereocenters. The van der Waals surface area contributed by atoms with Crippen LogP contribution in [0.15, 0.2) is 36.0 Å². The third-order valence-corrected chi connectivity index (χ3v) is 5.64. The molecule has 1 amide bonds. The summed E-state index contributed by atoms with van der Waals surface area (Å²) in [7, 11) is 0. The van der Waals surface area contributed by atoms with Crippen molar-refractivity contribution < 1.29 is 18.0 Å². The van der Waals surface area contributed by atoms with Crippen molar-refractivity contribution in [3.05, 3.63) is 63.2 Å². The number of benzene rings is 1. The minimum absolute atomic E-state index is 0.0335. The average Bonchev–Trinajstić information content (AvgIpc) is 3.30. The van der Waals surface area contributed by atoms with Crippen LogP contribution in [0.2, 0.25) is 0 Å². The van der Waals surface area contributed by atoms with Gasteiger partial charge in [-0.2, -0.15) is 22.8 Å². The summed E-state index contributed by atoms with van der Waals surface area (Å²) in [6, 6.07) is 5.29. The second-order valence-corrected chi connectivity index (χ2v) is 7.79. The van der Waals surface area contributed by atoms with Gasteiger partial charge in [-0.1, -0.05) is 18.2 Å². The van der Waals surface area contributed by atoms with Crippen molar-refractivity contribution in [1.82, 2.24) is 19.6 Å². The molecular weight excluding hydrogens is 415 g/mol. The predicted molar refractivity (Wildman–Crippen MR) is 108 cm³/mol. The fourth-order valence-electron chi connectivity index (χ4n) is 3.20. The first kappa shape index (κ1) is 20.0. The summed E-state index contributed by atoms with van der Waals surface area (Å²) >= 11 is 1.34. The third kappa shape index (κ3) is 3.32. The molecular formula is C20H16F3N5OS. The van der Waals surface area contributed by atoms with Gasteiger partial charge in [-0.3, -0.25) is 4.79 Å². The predicted octanol–water partition coefficient (Wildman–Crippen LogP) is 5.05. The zero-order chi connectivity index (χ0) is 21.6. The number of rotatable bonds is 3. The molecule has 3 aromatic heterocycles. The number of aryl methyl sites for hydroxylation is 2. The van der Waals surface area contributed by atoms with Crippen LogP contribution < -0.4 is 5.32 Å². The van der Waals surface area contributed by atoms with Crippen molar-refractivity contribution in [2.45, 2.75) is 26.9 Å². The zero-order valence-corrected chi connectivity index (χ0v) is 17.0. The van der Waals surface area contributed by atoms with Crippen molar-refractivity contribution in [1.29, 1.82) is 0 Å². The molecule has 0 atom stereocenters. The molecule has 154 valence electrons. The molecule has 0 spiro atoms. The SMILES string of the molecule is Cc1scnc1C(=O)Nc1cnc2c(C)c(C)c(-c3ccccc3C(F)(F)F)nn12. The molecule has 10 heteroatoms. The van der Waals surface area contributed by atoms with E-state index in [1.165, 1.54) is 40.2 Å². The largest absolute Gasteiger partial charge is 0.417 e. The van der Waals surface area contributed by atoms with E-state index >= 15 is 0 Å². The van der Waals surface area contributed by atoms with Gasteiger partial charge in [0.2, 0.25) is 0 Å². The van der Waals surface area contributed by atoms with Crippen molar-refractivity contribution >= 4 is 28.7 Å². The molecule has 4 aromatic rings. The zero-order valence-electron chi connectivity index (χ0n) is 16.2. The number of halogens is 3. The molecule has 0 aliphatic carbocycles. The third-order valence-electron chi connectivity index (χ3n) is 4.88. The van der Waals surface area contributed by atoms with Gasteiger partial charge >= 0.3 is 6.18 Å². The van der Waals surface area contributed by atoms with Crippen molar-refractivity contribution in [2.75, 3.05) is 5.32 Å². The van der Waals surface area contributed by atoms with Gasteiger partial charge in [0.25, 0.3) is 5.91 Å². The number of anilines is 1. The van der Waals surface area contributed by atoms with E-state index in [9.17, 15) is 18.0 Å². The first-order valence-electron chi connectivity index (χ1n) is 8.91. The quantitative estimate of drug-likeness (QED) is 0.493. The summed E-state index contributed by atoms with van der Waals surface area (Å²) in [5.74, 6) is -0.191. The number of fused-ring (bicyclic) bond motifs is 1. The second-order valence-electron chi connectivity index (χ2n) is 6.73. The maximum atomic E-state index is 13.6. The van der Waals surface area contributed by atoms with Crippen LogP contribution in [-0.4, -0.2) is 25.5 Å².